The van der Waals surface area contributed by atoms with Crippen LogP contribution in [0, 0.1) is 5.82 Å². The molecule has 3 aromatic rings. The Morgan fingerprint density at radius 1 is 0.880 bits per heavy atom. The van der Waals surface area contributed by atoms with E-state index in [1.807, 2.05) is 0 Å². The van der Waals surface area contributed by atoms with Crippen molar-refractivity contribution in [2.45, 2.75) is 55.4 Å². The molecule has 1 amide bonds. The zero-order valence-corrected chi connectivity index (χ0v) is 24.6. The van der Waals surface area contributed by atoms with Gasteiger partial charge in [0.25, 0.3) is 5.91 Å². The van der Waals surface area contributed by atoms with Crippen LogP contribution in [-0.2, 0) is 22.9 Å². The lowest BCUT2D eigenvalue weighted by atomic mass is 9.74. The summed E-state index contributed by atoms with van der Waals surface area (Å²) in [5.41, 5.74) is -5.90. The Bertz CT molecular complexity index is 1830. The number of halogens is 13. The van der Waals surface area contributed by atoms with Crippen LogP contribution in [0.3, 0.4) is 0 Å². The van der Waals surface area contributed by atoms with Crippen LogP contribution >= 0.6 is 0 Å². The van der Waals surface area contributed by atoms with Crippen molar-refractivity contribution >= 4 is 5.91 Å². The van der Waals surface area contributed by atoms with E-state index in [9.17, 15) is 57.5 Å². The van der Waals surface area contributed by atoms with E-state index in [1.54, 1.807) is 0 Å². The van der Waals surface area contributed by atoms with Gasteiger partial charge in [0.2, 0.25) is 0 Å². The summed E-state index contributed by atoms with van der Waals surface area (Å²) in [4.78, 5) is 13.8. The van der Waals surface area contributed by atoms with E-state index in [4.69, 9.17) is 0 Å². The third-order valence-electron chi connectivity index (χ3n) is 7.61. The molecular weight excluding hydrogens is 709 g/mol. The predicted octanol–water partition coefficient (Wildman–Crippen LogP) is 9.10. The van der Waals surface area contributed by atoms with Gasteiger partial charge in [0.1, 0.15) is 11.6 Å². The van der Waals surface area contributed by atoms with E-state index in [1.165, 1.54) is 30.3 Å². The van der Waals surface area contributed by atoms with Gasteiger partial charge >= 0.3 is 30.9 Å². The van der Waals surface area contributed by atoms with Crippen molar-refractivity contribution in [1.29, 1.82) is 0 Å². The highest BCUT2D eigenvalue weighted by atomic mass is 19.4. The topological polar surface area (TPSA) is 56.8 Å². The van der Waals surface area contributed by atoms with E-state index >= 15 is 4.39 Å². The van der Waals surface area contributed by atoms with Gasteiger partial charge in [0.05, 0.1) is 17.2 Å². The fourth-order valence-corrected chi connectivity index (χ4v) is 5.34. The highest BCUT2D eigenvalue weighted by Crippen LogP contribution is 2.50. The van der Waals surface area contributed by atoms with E-state index in [0.29, 0.717) is 36.4 Å². The lowest BCUT2D eigenvalue weighted by Crippen LogP contribution is -2.52. The first-order chi connectivity index (χ1) is 23.1. The number of alkyl halides is 11. The number of allylic oxidation sites excluding steroid dienone is 2. The summed E-state index contributed by atoms with van der Waals surface area (Å²) in [5, 5.41) is 2.34. The molecule has 2 aliphatic rings. The molecule has 268 valence electrons. The van der Waals surface area contributed by atoms with Crippen LogP contribution in [0.2, 0.25) is 0 Å². The Balaban J connectivity index is 1.72. The van der Waals surface area contributed by atoms with Crippen molar-refractivity contribution in [2.75, 3.05) is 0 Å². The predicted molar refractivity (Wildman–Crippen MR) is 146 cm³/mol. The molecule has 1 aliphatic heterocycles. The highest BCUT2D eigenvalue weighted by molar-refractivity contribution is 5.95. The van der Waals surface area contributed by atoms with Crippen LogP contribution in [0.1, 0.15) is 33.5 Å². The Kier molecular flexibility index (Phi) is 9.40. The average molecular weight is 729 g/mol. The first-order valence-electron chi connectivity index (χ1n) is 14.1. The molecule has 1 aliphatic carbocycles. The third-order valence-corrected chi connectivity index (χ3v) is 7.61. The number of fused-ring (bicyclic) bond motifs is 1. The summed E-state index contributed by atoms with van der Waals surface area (Å²) in [6.45, 7) is 0. The first-order valence-corrected chi connectivity index (χ1v) is 14.1. The number of amides is 1. The van der Waals surface area contributed by atoms with Crippen molar-refractivity contribution in [3.8, 4) is 11.5 Å². The molecule has 0 saturated heterocycles. The number of carbonyl (C=O) groups excluding carboxylic acids is 1. The van der Waals surface area contributed by atoms with Crippen LogP contribution in [0.25, 0.3) is 0 Å². The highest BCUT2D eigenvalue weighted by Gasteiger charge is 2.66. The van der Waals surface area contributed by atoms with Crippen molar-refractivity contribution < 1.29 is 76.1 Å². The van der Waals surface area contributed by atoms with E-state index in [2.05, 4.69) is 19.5 Å². The summed E-state index contributed by atoms with van der Waals surface area (Å²) >= 11 is 0. The Hall–Kier alpha value is -4.74. The molecule has 18 heteroatoms. The molecule has 1 unspecified atom stereocenters. The van der Waals surface area contributed by atoms with Gasteiger partial charge in [-0.1, -0.05) is 36.4 Å². The van der Waals surface area contributed by atoms with E-state index in [-0.39, 0.29) is 11.6 Å². The molecule has 0 spiro atoms. The summed E-state index contributed by atoms with van der Waals surface area (Å²) in [7, 11) is 0. The number of benzene rings is 3. The number of hydrogen-bond acceptors (Lipinski definition) is 4. The van der Waals surface area contributed by atoms with Gasteiger partial charge in [-0.05, 0) is 59.2 Å². The largest absolute Gasteiger partial charge is 0.507 e. The molecule has 50 heavy (non-hydrogen) atoms. The van der Waals surface area contributed by atoms with Crippen LogP contribution in [0.4, 0.5) is 57.1 Å². The van der Waals surface area contributed by atoms with Crippen molar-refractivity contribution in [3.05, 3.63) is 118 Å². The molecule has 0 fully saturated rings. The summed E-state index contributed by atoms with van der Waals surface area (Å²) in [5.74, 6) is -6.64. The maximum absolute atomic E-state index is 15.2. The second-order valence-corrected chi connectivity index (χ2v) is 11.1. The number of ether oxygens (including phenoxy) is 3. The Morgan fingerprint density at radius 3 is 2.14 bits per heavy atom. The molecule has 0 radical (unpaired) electrons. The maximum atomic E-state index is 15.2. The lowest BCUT2D eigenvalue weighted by Gasteiger charge is -2.41. The van der Waals surface area contributed by atoms with Crippen LogP contribution in [0.15, 0.2) is 90.3 Å². The molecule has 3 aromatic carbocycles. The maximum Gasteiger partial charge on any atom is 0.507 e. The quantitative estimate of drug-likeness (QED) is 0.224. The van der Waals surface area contributed by atoms with Crippen LogP contribution < -0.4 is 14.8 Å². The fraction of sp³-hybridized carbons (Fsp3) is 0.281. The monoisotopic (exact) mass is 729 g/mol. The van der Waals surface area contributed by atoms with Crippen molar-refractivity contribution in [1.82, 2.24) is 5.32 Å². The normalized spacial score (nSPS) is 19.7. The van der Waals surface area contributed by atoms with Gasteiger partial charge in [-0.2, -0.15) is 39.5 Å². The molecule has 5 nitrogen and oxygen atoms in total. The Labute approximate surface area is 272 Å². The van der Waals surface area contributed by atoms with Crippen LogP contribution in [0.5, 0.6) is 11.5 Å². The summed E-state index contributed by atoms with van der Waals surface area (Å²) < 4.78 is 193. The second kappa shape index (κ2) is 12.9. The number of hydrogen-bond donors (Lipinski definition) is 1. The summed E-state index contributed by atoms with van der Waals surface area (Å²) in [6, 6.07) is 10.5. The molecule has 2 atom stereocenters. The van der Waals surface area contributed by atoms with Gasteiger partial charge < -0.3 is 19.5 Å². The zero-order valence-electron chi connectivity index (χ0n) is 24.6. The lowest BCUT2D eigenvalue weighted by molar-refractivity contribution is -0.391. The van der Waals surface area contributed by atoms with Gasteiger partial charge in [-0.3, -0.25) is 4.79 Å². The fourth-order valence-electron chi connectivity index (χ4n) is 5.34. The Morgan fingerprint density at radius 2 is 1.52 bits per heavy atom. The third kappa shape index (κ3) is 7.25. The van der Waals surface area contributed by atoms with E-state index in [0.717, 1.165) is 6.07 Å². The standard InChI is InChI=1S/C32H20F13NO4/c33-20-11-19(12-21(14-20)48-30(40,41)27(35)36)28(15-16-4-2-1-3-5-16,46-26(47)17-6-8-23(34)22(10-17)29(37,38)39)18-7-9-24-25(13-18)50-32(44,45)31(42,43)49-24/h1-11,13-14,21,27H,12,15H2,(H,46,47)/t21?,28-/m1/s1. The molecule has 5 rings (SSSR count). The number of rotatable bonds is 9. The second-order valence-electron chi connectivity index (χ2n) is 11.1. The SMILES string of the molecule is O=C(N[C@@](Cc1ccccc1)(C1=CC(F)=CC(OC(F)(F)C(F)F)C1)c1ccc2c(c1)OC(F)(F)C(F)(F)O2)c1ccc(F)c(C(F)(F)F)c1. The first kappa shape index (κ1) is 36.5. The molecular formula is C32H20F13NO4. The molecule has 0 bridgehead atoms. The molecule has 0 aromatic heterocycles. The molecule has 1 N–H and O–H groups in total. The van der Waals surface area contributed by atoms with Gasteiger partial charge in [0, 0.05) is 18.4 Å². The smallest absolute Gasteiger partial charge is 0.421 e. The molecule has 1 heterocycles. The molecule has 0 saturated carbocycles. The minimum absolute atomic E-state index is 0.120. The summed E-state index contributed by atoms with van der Waals surface area (Å²) in [6.07, 6.45) is -28.0. The van der Waals surface area contributed by atoms with Gasteiger partial charge in [0.15, 0.2) is 11.5 Å². The average Bonchev–Trinajstić information content (AvgIpc) is 3.00. The van der Waals surface area contributed by atoms with Crippen molar-refractivity contribution in [2.24, 2.45) is 0 Å². The zero-order chi connectivity index (χ0) is 36.9. The van der Waals surface area contributed by atoms with E-state index < -0.39 is 107 Å². The van der Waals surface area contributed by atoms with Crippen molar-refractivity contribution in [3.63, 3.8) is 0 Å². The minimum Gasteiger partial charge on any atom is -0.421 e. The number of carbonyl (C=O) groups is 1. The van der Waals surface area contributed by atoms with Crippen LogP contribution in [-0.4, -0.2) is 36.8 Å². The van der Waals surface area contributed by atoms with Gasteiger partial charge in [-0.25, -0.2) is 17.6 Å². The minimum atomic E-state index is -5.30. The van der Waals surface area contributed by atoms with Gasteiger partial charge in [-0.15, -0.1) is 0 Å². The number of nitrogens with one attached hydrogen (secondary N) is 1.